The van der Waals surface area contributed by atoms with Gasteiger partial charge in [0.2, 0.25) is 0 Å². The zero-order valence-corrected chi connectivity index (χ0v) is 6.09. The Hall–Kier alpha value is -0.0800. The third-order valence-electron chi connectivity index (χ3n) is 2.08. The predicted octanol–water partition coefficient (Wildman–Crippen LogP) is 0.223. The molecule has 0 saturated carbocycles. The molecule has 0 spiro atoms. The molecule has 0 aliphatic carbocycles. The fourth-order valence-electron chi connectivity index (χ4n) is 1.37. The van der Waals surface area contributed by atoms with Crippen molar-refractivity contribution in [2.45, 2.75) is 20.0 Å². The first-order valence-electron chi connectivity index (χ1n) is 3.60. The normalized spacial score (nSPS) is 36.0. The van der Waals surface area contributed by atoms with Gasteiger partial charge in [0.25, 0.3) is 0 Å². The van der Waals surface area contributed by atoms with Crippen LogP contribution in [0.4, 0.5) is 0 Å². The van der Waals surface area contributed by atoms with Crippen LogP contribution in [0.2, 0.25) is 0 Å². The summed E-state index contributed by atoms with van der Waals surface area (Å²) in [5.41, 5.74) is 0. The third-order valence-corrected chi connectivity index (χ3v) is 2.08. The second kappa shape index (κ2) is 2.67. The summed E-state index contributed by atoms with van der Waals surface area (Å²) < 4.78 is 0. The van der Waals surface area contributed by atoms with Gasteiger partial charge in [0.05, 0.1) is 6.10 Å². The monoisotopic (exact) mass is 129 g/mol. The van der Waals surface area contributed by atoms with Crippen molar-refractivity contribution in [3.63, 3.8) is 0 Å². The molecule has 0 radical (unpaired) electrons. The first-order valence-corrected chi connectivity index (χ1v) is 3.60. The lowest BCUT2D eigenvalue weighted by Crippen LogP contribution is -2.22. The van der Waals surface area contributed by atoms with E-state index in [2.05, 4.69) is 19.2 Å². The standard InChI is InChI=1S/C7H15NO/c1-5(2)6-3-8-4-7(6)9/h5-9H,3-4H2,1-2H3. The first kappa shape index (κ1) is 7.03. The molecule has 0 aromatic carbocycles. The van der Waals surface area contributed by atoms with E-state index in [9.17, 15) is 5.11 Å². The van der Waals surface area contributed by atoms with Gasteiger partial charge in [-0.2, -0.15) is 0 Å². The Bertz CT molecular complexity index is 92.9. The van der Waals surface area contributed by atoms with Gasteiger partial charge in [0, 0.05) is 19.0 Å². The highest BCUT2D eigenvalue weighted by molar-refractivity contribution is 4.81. The summed E-state index contributed by atoms with van der Waals surface area (Å²) in [5.74, 6) is 1.08. The van der Waals surface area contributed by atoms with Gasteiger partial charge >= 0.3 is 0 Å². The zero-order chi connectivity index (χ0) is 6.85. The van der Waals surface area contributed by atoms with Crippen LogP contribution in [0.5, 0.6) is 0 Å². The summed E-state index contributed by atoms with van der Waals surface area (Å²) in [4.78, 5) is 0. The fourth-order valence-corrected chi connectivity index (χ4v) is 1.37. The Balaban J connectivity index is 2.40. The molecule has 2 unspecified atom stereocenters. The summed E-state index contributed by atoms with van der Waals surface area (Å²) in [5, 5.41) is 12.5. The Labute approximate surface area is 56.3 Å². The molecule has 9 heavy (non-hydrogen) atoms. The first-order chi connectivity index (χ1) is 4.22. The Morgan fingerprint density at radius 2 is 2.11 bits per heavy atom. The van der Waals surface area contributed by atoms with Crippen LogP contribution in [-0.4, -0.2) is 24.3 Å². The van der Waals surface area contributed by atoms with E-state index in [-0.39, 0.29) is 6.10 Å². The molecule has 54 valence electrons. The molecular formula is C7H15NO. The van der Waals surface area contributed by atoms with Crippen LogP contribution in [0.25, 0.3) is 0 Å². The quantitative estimate of drug-likeness (QED) is 0.531. The molecule has 2 heteroatoms. The molecular weight excluding hydrogens is 114 g/mol. The van der Waals surface area contributed by atoms with Gasteiger partial charge in [-0.1, -0.05) is 13.8 Å². The molecule has 1 saturated heterocycles. The number of aliphatic hydroxyl groups is 1. The largest absolute Gasteiger partial charge is 0.391 e. The van der Waals surface area contributed by atoms with Gasteiger partial charge in [0.1, 0.15) is 0 Å². The molecule has 0 amide bonds. The van der Waals surface area contributed by atoms with Crippen LogP contribution in [-0.2, 0) is 0 Å². The molecule has 1 aliphatic heterocycles. The lowest BCUT2D eigenvalue weighted by molar-refractivity contribution is 0.123. The Morgan fingerprint density at radius 3 is 2.33 bits per heavy atom. The third kappa shape index (κ3) is 1.43. The van der Waals surface area contributed by atoms with Crippen LogP contribution in [0, 0.1) is 11.8 Å². The predicted molar refractivity (Wildman–Crippen MR) is 37.2 cm³/mol. The molecule has 2 atom stereocenters. The van der Waals surface area contributed by atoms with E-state index in [1.165, 1.54) is 0 Å². The smallest absolute Gasteiger partial charge is 0.0707 e. The minimum atomic E-state index is -0.106. The second-order valence-corrected chi connectivity index (χ2v) is 3.13. The van der Waals surface area contributed by atoms with Crippen molar-refractivity contribution in [1.82, 2.24) is 5.32 Å². The molecule has 0 aromatic rings. The number of β-amino-alcohol motifs (C(OH)–C–C–N with tert-alkyl or cyclic N) is 1. The number of rotatable bonds is 1. The fraction of sp³-hybridized carbons (Fsp3) is 1.00. The van der Waals surface area contributed by atoms with Gasteiger partial charge in [-0.25, -0.2) is 0 Å². The molecule has 0 bridgehead atoms. The van der Waals surface area contributed by atoms with Crippen LogP contribution >= 0.6 is 0 Å². The summed E-state index contributed by atoms with van der Waals surface area (Å²) in [6.45, 7) is 6.07. The molecule has 1 aliphatic rings. The minimum Gasteiger partial charge on any atom is -0.391 e. The van der Waals surface area contributed by atoms with Gasteiger partial charge < -0.3 is 10.4 Å². The maximum atomic E-state index is 9.30. The van der Waals surface area contributed by atoms with Crippen molar-refractivity contribution >= 4 is 0 Å². The summed E-state index contributed by atoms with van der Waals surface area (Å²) in [7, 11) is 0. The van der Waals surface area contributed by atoms with E-state index in [0.29, 0.717) is 11.8 Å². The molecule has 2 N–H and O–H groups in total. The highest BCUT2D eigenvalue weighted by Crippen LogP contribution is 2.17. The highest BCUT2D eigenvalue weighted by atomic mass is 16.3. The van der Waals surface area contributed by atoms with Gasteiger partial charge in [-0.05, 0) is 5.92 Å². The van der Waals surface area contributed by atoms with E-state index in [1.54, 1.807) is 0 Å². The molecule has 2 nitrogen and oxygen atoms in total. The number of nitrogens with one attached hydrogen (secondary N) is 1. The van der Waals surface area contributed by atoms with E-state index in [4.69, 9.17) is 0 Å². The molecule has 1 heterocycles. The van der Waals surface area contributed by atoms with Gasteiger partial charge in [0.15, 0.2) is 0 Å². The average Bonchev–Trinajstić information content (AvgIpc) is 2.13. The minimum absolute atomic E-state index is 0.106. The van der Waals surface area contributed by atoms with Crippen molar-refractivity contribution < 1.29 is 5.11 Å². The lowest BCUT2D eigenvalue weighted by atomic mass is 9.93. The summed E-state index contributed by atoms with van der Waals surface area (Å²) >= 11 is 0. The van der Waals surface area contributed by atoms with Crippen molar-refractivity contribution in [1.29, 1.82) is 0 Å². The maximum Gasteiger partial charge on any atom is 0.0707 e. The van der Waals surface area contributed by atoms with E-state index >= 15 is 0 Å². The van der Waals surface area contributed by atoms with E-state index in [1.807, 2.05) is 0 Å². The SMILES string of the molecule is CC(C)C1CNCC1O. The molecule has 1 rings (SSSR count). The lowest BCUT2D eigenvalue weighted by Gasteiger charge is -2.16. The molecule has 0 aromatic heterocycles. The van der Waals surface area contributed by atoms with Crippen LogP contribution in [0.15, 0.2) is 0 Å². The van der Waals surface area contributed by atoms with E-state index < -0.39 is 0 Å². The number of hydrogen-bond donors (Lipinski definition) is 2. The second-order valence-electron chi connectivity index (χ2n) is 3.13. The Kier molecular flexibility index (Phi) is 2.09. The van der Waals surface area contributed by atoms with Crippen molar-refractivity contribution in [3.05, 3.63) is 0 Å². The van der Waals surface area contributed by atoms with Crippen molar-refractivity contribution in [2.75, 3.05) is 13.1 Å². The van der Waals surface area contributed by atoms with Crippen molar-refractivity contribution in [3.8, 4) is 0 Å². The van der Waals surface area contributed by atoms with Crippen LogP contribution in [0.3, 0.4) is 0 Å². The number of aliphatic hydroxyl groups excluding tert-OH is 1. The summed E-state index contributed by atoms with van der Waals surface area (Å²) in [6.07, 6.45) is -0.106. The van der Waals surface area contributed by atoms with Gasteiger partial charge in [-0.3, -0.25) is 0 Å². The van der Waals surface area contributed by atoms with Gasteiger partial charge in [-0.15, -0.1) is 0 Å². The summed E-state index contributed by atoms with van der Waals surface area (Å²) in [6, 6.07) is 0. The topological polar surface area (TPSA) is 32.3 Å². The maximum absolute atomic E-state index is 9.30. The Morgan fingerprint density at radius 1 is 1.44 bits per heavy atom. The number of hydrogen-bond acceptors (Lipinski definition) is 2. The highest BCUT2D eigenvalue weighted by Gasteiger charge is 2.26. The molecule has 1 fully saturated rings. The van der Waals surface area contributed by atoms with Crippen molar-refractivity contribution in [2.24, 2.45) is 11.8 Å². The van der Waals surface area contributed by atoms with E-state index in [0.717, 1.165) is 13.1 Å². The van der Waals surface area contributed by atoms with Crippen LogP contribution in [0.1, 0.15) is 13.8 Å². The van der Waals surface area contributed by atoms with Crippen LogP contribution < -0.4 is 5.32 Å². The zero-order valence-electron chi connectivity index (χ0n) is 6.09. The average molecular weight is 129 g/mol.